The molecule has 1 atom stereocenters. The van der Waals surface area contributed by atoms with E-state index >= 15 is 0 Å². The van der Waals surface area contributed by atoms with Gasteiger partial charge in [0, 0.05) is 50.6 Å². The van der Waals surface area contributed by atoms with Crippen molar-refractivity contribution in [2.75, 3.05) is 37.7 Å². The average Bonchev–Trinajstić information content (AvgIpc) is 3.34. The number of non-ortho nitro benzene ring substituents is 1. The quantitative estimate of drug-likeness (QED) is 0.407. The summed E-state index contributed by atoms with van der Waals surface area (Å²) >= 11 is 5.51. The zero-order valence-corrected chi connectivity index (χ0v) is 16.3. The molecule has 0 radical (unpaired) electrons. The van der Waals surface area contributed by atoms with Gasteiger partial charge in [-0.05, 0) is 47.6 Å². The van der Waals surface area contributed by atoms with Gasteiger partial charge >= 0.3 is 0 Å². The molecule has 0 bridgehead atoms. The fraction of sp³-hybridized carbons (Fsp3) is 0.588. The van der Waals surface area contributed by atoms with Crippen molar-refractivity contribution in [2.24, 2.45) is 0 Å². The van der Waals surface area contributed by atoms with Gasteiger partial charge in [-0.1, -0.05) is 0 Å². The first-order valence-corrected chi connectivity index (χ1v) is 9.85. The molecule has 150 valence electrons. The van der Waals surface area contributed by atoms with E-state index in [1.165, 1.54) is 0 Å². The zero-order valence-electron chi connectivity index (χ0n) is 15.5. The van der Waals surface area contributed by atoms with Crippen molar-refractivity contribution in [3.05, 3.63) is 39.2 Å². The molecule has 0 saturated carbocycles. The first-order valence-electron chi connectivity index (χ1n) is 9.44. The Hall–Kier alpha value is -2.37. The summed E-state index contributed by atoms with van der Waals surface area (Å²) in [5.41, 5.74) is 1.12. The number of hydrogen-bond acceptors (Lipinski definition) is 8. The Kier molecular flexibility index (Phi) is 5.64. The Balaban J connectivity index is 1.31. The van der Waals surface area contributed by atoms with Crippen LogP contribution < -0.4 is 4.90 Å². The average molecular weight is 405 g/mol. The number of aromatic nitrogens is 4. The third-order valence-electron chi connectivity index (χ3n) is 5.23. The van der Waals surface area contributed by atoms with Crippen LogP contribution in [-0.2, 0) is 18.0 Å². The van der Waals surface area contributed by atoms with Crippen molar-refractivity contribution in [3.8, 4) is 0 Å². The van der Waals surface area contributed by atoms with E-state index in [0.717, 1.165) is 51.3 Å². The minimum atomic E-state index is -0.378. The molecule has 3 heterocycles. The van der Waals surface area contributed by atoms with Crippen LogP contribution in [0.3, 0.4) is 0 Å². The summed E-state index contributed by atoms with van der Waals surface area (Å²) in [4.78, 5) is 14.9. The predicted molar refractivity (Wildman–Crippen MR) is 105 cm³/mol. The van der Waals surface area contributed by atoms with Crippen molar-refractivity contribution in [3.63, 3.8) is 0 Å². The van der Waals surface area contributed by atoms with Gasteiger partial charge in [-0.3, -0.25) is 15.0 Å². The smallest absolute Gasteiger partial charge is 0.269 e. The second-order valence-electron chi connectivity index (χ2n) is 7.10. The van der Waals surface area contributed by atoms with Crippen LogP contribution in [0.25, 0.3) is 0 Å². The molecule has 11 heteroatoms. The normalized spacial score (nSPS) is 20.6. The molecule has 10 nitrogen and oxygen atoms in total. The molecular weight excluding hydrogens is 382 g/mol. The molecule has 0 aliphatic carbocycles. The van der Waals surface area contributed by atoms with Gasteiger partial charge in [-0.2, -0.15) is 0 Å². The molecular formula is C17H23N7O3S. The maximum absolute atomic E-state index is 10.8. The third kappa shape index (κ3) is 4.21. The Morgan fingerprint density at radius 3 is 2.50 bits per heavy atom. The van der Waals surface area contributed by atoms with E-state index in [2.05, 4.69) is 20.2 Å². The monoisotopic (exact) mass is 405 g/mol. The summed E-state index contributed by atoms with van der Waals surface area (Å²) in [6, 6.07) is 6.71. The number of nitro benzene ring substituents is 1. The largest absolute Gasteiger partial charge is 0.376 e. The van der Waals surface area contributed by atoms with Gasteiger partial charge in [0.25, 0.3) is 5.69 Å². The van der Waals surface area contributed by atoms with Crippen LogP contribution >= 0.6 is 12.2 Å². The van der Waals surface area contributed by atoms with E-state index in [4.69, 9.17) is 17.0 Å². The number of nitrogens with zero attached hydrogens (tertiary/aromatic N) is 7. The van der Waals surface area contributed by atoms with Gasteiger partial charge in [-0.15, -0.1) is 0 Å². The van der Waals surface area contributed by atoms with E-state index in [1.807, 2.05) is 0 Å². The molecule has 0 spiro atoms. The van der Waals surface area contributed by atoms with Gasteiger partial charge < -0.3 is 9.64 Å². The molecule has 2 aliphatic heterocycles. The van der Waals surface area contributed by atoms with Crippen molar-refractivity contribution < 1.29 is 9.66 Å². The van der Waals surface area contributed by atoms with Crippen LogP contribution in [0.1, 0.15) is 12.8 Å². The highest BCUT2D eigenvalue weighted by Gasteiger charge is 2.21. The number of anilines is 1. The summed E-state index contributed by atoms with van der Waals surface area (Å²) in [5.74, 6) is 0. The van der Waals surface area contributed by atoms with Crippen LogP contribution in [0.5, 0.6) is 0 Å². The first kappa shape index (κ1) is 19.0. The van der Waals surface area contributed by atoms with Gasteiger partial charge in [0.1, 0.15) is 0 Å². The second-order valence-corrected chi connectivity index (χ2v) is 7.46. The molecule has 0 N–H and O–H groups in total. The van der Waals surface area contributed by atoms with Crippen molar-refractivity contribution in [2.45, 2.75) is 32.2 Å². The second kappa shape index (κ2) is 8.33. The van der Waals surface area contributed by atoms with Crippen molar-refractivity contribution >= 4 is 23.6 Å². The SMILES string of the molecule is O=[N+]([O-])c1ccc(N2CCN(Cn3nnn(C[C@H]4CCCO4)c3=S)CC2)cc1. The molecule has 4 rings (SSSR count). The molecule has 2 fully saturated rings. The van der Waals surface area contributed by atoms with Crippen molar-refractivity contribution in [1.82, 2.24) is 24.7 Å². The maximum Gasteiger partial charge on any atom is 0.269 e. The maximum atomic E-state index is 10.8. The highest BCUT2D eigenvalue weighted by molar-refractivity contribution is 7.71. The molecule has 2 saturated heterocycles. The lowest BCUT2D eigenvalue weighted by Crippen LogP contribution is -2.47. The van der Waals surface area contributed by atoms with E-state index in [0.29, 0.717) is 18.0 Å². The van der Waals surface area contributed by atoms with Gasteiger partial charge in [-0.25, -0.2) is 9.36 Å². The van der Waals surface area contributed by atoms with Crippen molar-refractivity contribution in [1.29, 1.82) is 0 Å². The Bertz CT molecular complexity index is 868. The summed E-state index contributed by atoms with van der Waals surface area (Å²) in [7, 11) is 0. The number of rotatable bonds is 6. The van der Waals surface area contributed by atoms with Crippen LogP contribution in [-0.4, -0.2) is 68.5 Å². The predicted octanol–water partition coefficient (Wildman–Crippen LogP) is 1.68. The van der Waals surface area contributed by atoms with Crippen LogP contribution in [0.2, 0.25) is 0 Å². The highest BCUT2D eigenvalue weighted by atomic mass is 32.1. The Labute approximate surface area is 167 Å². The topological polar surface area (TPSA) is 94.5 Å². The van der Waals surface area contributed by atoms with E-state index < -0.39 is 0 Å². The molecule has 1 aromatic heterocycles. The lowest BCUT2D eigenvalue weighted by Gasteiger charge is -2.35. The number of benzene rings is 1. The fourth-order valence-corrected chi connectivity index (χ4v) is 3.82. The summed E-state index contributed by atoms with van der Waals surface area (Å²) in [6.45, 7) is 5.48. The summed E-state index contributed by atoms with van der Waals surface area (Å²) < 4.78 is 9.77. The summed E-state index contributed by atoms with van der Waals surface area (Å²) in [6.07, 6.45) is 2.31. The number of piperazine rings is 1. The lowest BCUT2D eigenvalue weighted by atomic mass is 10.2. The van der Waals surface area contributed by atoms with Gasteiger partial charge in [0.15, 0.2) is 0 Å². The molecule has 1 aromatic carbocycles. The number of nitro groups is 1. The minimum Gasteiger partial charge on any atom is -0.376 e. The van der Waals surface area contributed by atoms with Crippen LogP contribution in [0.4, 0.5) is 11.4 Å². The molecule has 2 aromatic rings. The Morgan fingerprint density at radius 2 is 1.86 bits per heavy atom. The number of ether oxygens (including phenoxy) is 1. The molecule has 28 heavy (non-hydrogen) atoms. The standard InChI is InChI=1S/C17H23N7O3S/c25-24(26)15-5-3-14(4-6-15)21-9-7-20(8-10-21)13-23-17(28)22(18-19-23)12-16-2-1-11-27-16/h3-6,16H,1-2,7-13H2/t16-/m1/s1. The first-order chi connectivity index (χ1) is 13.6. The minimum absolute atomic E-state index is 0.114. The van der Waals surface area contributed by atoms with Gasteiger partial charge in [0.05, 0.1) is 24.2 Å². The summed E-state index contributed by atoms with van der Waals surface area (Å²) in [5, 5.41) is 19.2. The highest BCUT2D eigenvalue weighted by Crippen LogP contribution is 2.21. The lowest BCUT2D eigenvalue weighted by molar-refractivity contribution is -0.384. The van der Waals surface area contributed by atoms with Crippen LogP contribution in [0, 0.1) is 14.9 Å². The Morgan fingerprint density at radius 1 is 1.14 bits per heavy atom. The fourth-order valence-electron chi connectivity index (χ4n) is 3.61. The van der Waals surface area contributed by atoms with E-state index in [-0.39, 0.29) is 16.7 Å². The third-order valence-corrected chi connectivity index (χ3v) is 5.65. The number of tetrazole rings is 1. The molecule has 0 unspecified atom stereocenters. The van der Waals surface area contributed by atoms with E-state index in [9.17, 15) is 10.1 Å². The molecule has 2 aliphatic rings. The number of hydrogen-bond donors (Lipinski definition) is 0. The van der Waals surface area contributed by atoms with Gasteiger partial charge in [0.2, 0.25) is 4.77 Å². The van der Waals surface area contributed by atoms with Crippen LogP contribution in [0.15, 0.2) is 24.3 Å². The molecule has 0 amide bonds. The van der Waals surface area contributed by atoms with E-state index in [1.54, 1.807) is 33.6 Å². The zero-order chi connectivity index (χ0) is 19.5.